The number of benzene rings is 2. The molecule has 0 radical (unpaired) electrons. The van der Waals surface area contributed by atoms with E-state index in [-0.39, 0.29) is 93.1 Å². The van der Waals surface area contributed by atoms with Crippen LogP contribution in [0.2, 0.25) is 5.02 Å². The number of hydrogen-bond acceptors (Lipinski definition) is 17. The second-order valence-electron chi connectivity index (χ2n) is 21.7. The first-order valence-electron chi connectivity index (χ1n) is 26.7. The lowest BCUT2D eigenvalue weighted by molar-refractivity contribution is -0.288. The highest BCUT2D eigenvalue weighted by atomic mass is 35.5. The first-order valence-corrected chi connectivity index (χ1v) is 27.1. The van der Waals surface area contributed by atoms with E-state index in [1.54, 1.807) is 32.0 Å². The van der Waals surface area contributed by atoms with Crippen LogP contribution in [0, 0.1) is 29.1 Å². The molecule has 2 aliphatic heterocycles. The molecule has 0 spiro atoms. The average Bonchev–Trinajstić information content (AvgIpc) is 4.29. The fraction of sp³-hybridized carbons (Fsp3) is 0.632. The molecule has 2 aromatic carbocycles. The van der Waals surface area contributed by atoms with Gasteiger partial charge in [0.05, 0.1) is 29.7 Å². The van der Waals surface area contributed by atoms with Crippen molar-refractivity contribution in [2.24, 2.45) is 34.8 Å². The molecule has 20 nitrogen and oxygen atoms in total. The van der Waals surface area contributed by atoms with Crippen molar-refractivity contribution in [2.75, 3.05) is 27.3 Å². The summed E-state index contributed by atoms with van der Waals surface area (Å²) in [6.07, 6.45) is -4.26. The minimum atomic E-state index is -1.56. The van der Waals surface area contributed by atoms with Gasteiger partial charge in [0.25, 0.3) is 0 Å². The summed E-state index contributed by atoms with van der Waals surface area (Å²) in [5.41, 5.74) is 7.26. The number of ketones is 2. The highest BCUT2D eigenvalue weighted by Crippen LogP contribution is 2.45. The molecule has 78 heavy (non-hydrogen) atoms. The zero-order chi connectivity index (χ0) is 58.0. The van der Waals surface area contributed by atoms with E-state index in [2.05, 4.69) is 16.0 Å². The summed E-state index contributed by atoms with van der Waals surface area (Å²) in [6.45, 7) is 14.0. The third-order valence-corrected chi connectivity index (χ3v) is 14.6. The Morgan fingerprint density at radius 2 is 1.55 bits per heavy atom. The molecule has 434 valence electrons. The topological polar surface area (TPSA) is 301 Å². The highest BCUT2D eigenvalue weighted by Gasteiger charge is 2.48. The normalized spacial score (nSPS) is 22.6. The molecule has 0 aromatic heterocycles. The number of nitrogens with two attached hydrogens (primary N) is 1. The Morgan fingerprint density at radius 1 is 0.872 bits per heavy atom. The van der Waals surface area contributed by atoms with Gasteiger partial charge < -0.3 is 65.4 Å². The molecule has 0 saturated carbocycles. The number of carbonyl (C=O) groups is 7. The van der Waals surface area contributed by atoms with Gasteiger partial charge in [-0.1, -0.05) is 88.7 Å². The largest absolute Gasteiger partial charge is 0.495 e. The van der Waals surface area contributed by atoms with Gasteiger partial charge in [0.15, 0.2) is 18.2 Å². The minimum Gasteiger partial charge on any atom is -0.495 e. The van der Waals surface area contributed by atoms with Gasteiger partial charge in [-0.2, -0.15) is 0 Å². The van der Waals surface area contributed by atoms with Crippen LogP contribution in [0.5, 0.6) is 5.75 Å². The van der Waals surface area contributed by atoms with Crippen LogP contribution in [-0.4, -0.2) is 145 Å². The second kappa shape index (κ2) is 30.9. The van der Waals surface area contributed by atoms with Crippen LogP contribution < -0.4 is 26.4 Å². The lowest BCUT2D eigenvalue weighted by Crippen LogP contribution is -2.60. The third kappa shape index (κ3) is 19.2. The van der Waals surface area contributed by atoms with E-state index in [9.17, 15) is 48.9 Å². The van der Waals surface area contributed by atoms with Crippen molar-refractivity contribution in [3.63, 3.8) is 0 Å². The number of carbonyl (C=O) groups excluding carboxylic acids is 7. The number of amides is 3. The summed E-state index contributed by atoms with van der Waals surface area (Å²) in [6, 6.07) is 10.9. The Morgan fingerprint density at radius 3 is 2.15 bits per heavy atom. The van der Waals surface area contributed by atoms with Crippen molar-refractivity contribution in [3.8, 4) is 5.75 Å². The Labute approximate surface area is 463 Å². The van der Waals surface area contributed by atoms with Crippen LogP contribution in [0.3, 0.4) is 0 Å². The van der Waals surface area contributed by atoms with Crippen molar-refractivity contribution >= 4 is 53.3 Å². The number of esters is 2. The second-order valence-corrected chi connectivity index (χ2v) is 22.1. The Hall–Kier alpha value is -5.32. The van der Waals surface area contributed by atoms with Crippen molar-refractivity contribution in [2.45, 2.75) is 174 Å². The number of ether oxygens (including phenoxy) is 6. The number of hydrogen-bond donors (Lipinski definition) is 7. The molecule has 2 fully saturated rings. The van der Waals surface area contributed by atoms with Crippen LogP contribution >= 0.6 is 11.6 Å². The summed E-state index contributed by atoms with van der Waals surface area (Å²) < 4.78 is 33.9. The summed E-state index contributed by atoms with van der Waals surface area (Å²) in [5.74, 6) is -3.78. The van der Waals surface area contributed by atoms with E-state index in [0.717, 1.165) is 11.1 Å². The number of rotatable bonds is 33. The fourth-order valence-corrected chi connectivity index (χ4v) is 9.31. The Balaban J connectivity index is 1.34. The molecular weight excluding hydrogens is 1030 g/mol. The minimum absolute atomic E-state index is 0.0631. The zero-order valence-corrected chi connectivity index (χ0v) is 47.4. The van der Waals surface area contributed by atoms with E-state index < -0.39 is 90.1 Å². The third-order valence-electron chi connectivity index (χ3n) is 14.3. The summed E-state index contributed by atoms with van der Waals surface area (Å²) >= 11 is 6.27. The molecule has 3 amide bonds. The van der Waals surface area contributed by atoms with Crippen molar-refractivity contribution in [3.05, 3.63) is 76.3 Å². The summed E-state index contributed by atoms with van der Waals surface area (Å²) in [5, 5.41) is 38.8. The zero-order valence-electron chi connectivity index (χ0n) is 46.6. The number of methoxy groups -OCH3 is 2. The number of nitrogens with one attached hydrogen (secondary N) is 3. The molecule has 0 bridgehead atoms. The van der Waals surface area contributed by atoms with Gasteiger partial charge in [0.2, 0.25) is 18.2 Å². The summed E-state index contributed by atoms with van der Waals surface area (Å²) in [4.78, 5) is 92.3. The number of epoxide rings is 1. The molecule has 2 heterocycles. The van der Waals surface area contributed by atoms with E-state index in [1.807, 2.05) is 78.0 Å². The average molecular weight is 1120 g/mol. The van der Waals surface area contributed by atoms with Crippen LogP contribution in [0.1, 0.15) is 117 Å². The number of Topliss-reactive ketones (excluding diaryl/α,β-unsaturated/α-hetero) is 2. The Bertz CT molecular complexity index is 2350. The lowest BCUT2D eigenvalue weighted by Gasteiger charge is -2.39. The molecule has 13 atom stereocenters. The molecule has 21 heteroatoms. The van der Waals surface area contributed by atoms with Crippen LogP contribution in [0.25, 0.3) is 0 Å². The van der Waals surface area contributed by atoms with Crippen molar-refractivity contribution in [1.29, 1.82) is 0 Å². The maximum atomic E-state index is 14.0. The lowest BCUT2D eigenvalue weighted by atomic mass is 9.86. The summed E-state index contributed by atoms with van der Waals surface area (Å²) in [7, 11) is 2.75. The molecule has 8 N–H and O–H groups in total. The number of aryl methyl sites for hydroxylation is 1. The van der Waals surface area contributed by atoms with Gasteiger partial charge in [-0.15, -0.1) is 0 Å². The van der Waals surface area contributed by atoms with Crippen LogP contribution in [0.4, 0.5) is 0 Å². The van der Waals surface area contributed by atoms with Gasteiger partial charge in [0, 0.05) is 64.1 Å². The van der Waals surface area contributed by atoms with Gasteiger partial charge in [-0.05, 0) is 80.7 Å². The molecular formula is C57H83ClN4O16. The number of halogens is 1. The molecule has 2 saturated heterocycles. The van der Waals surface area contributed by atoms with E-state index in [4.69, 9.17) is 45.8 Å². The molecule has 2 aliphatic rings. The van der Waals surface area contributed by atoms with E-state index in [0.29, 0.717) is 35.6 Å². The number of aliphatic hydroxyl groups is 3. The fourth-order valence-electron chi connectivity index (χ4n) is 9.02. The van der Waals surface area contributed by atoms with Gasteiger partial charge >= 0.3 is 11.9 Å². The SMILES string of the molecule is C/C=C/C[C@H](OC(=O)[C@H](CC(C)C)OC(=O)C(C)(C)CNC(=O)C(Cc1ccc(OC)c(Cl)c1)NC=O)[C@H](C)[C@H]1O[C@@H]1c1ccc(CCC(=O)[C@H](CCC(=O)NC[C@H]2O[C@@H](OC)[C@H](O)[C@@H](O)[C@@H]2O)CC(=O)[C@@H](N)C(C)C)cc1. The van der Waals surface area contributed by atoms with Crippen LogP contribution in [-0.2, 0) is 70.1 Å². The molecule has 0 aliphatic carbocycles. The maximum Gasteiger partial charge on any atom is 0.347 e. The standard InChI is InChI=1S/C57H83ClN4O16/c1-11-12-13-42(75-54(71)44(24-31(2)3)77-56(72)57(7,8)29-61-53(70)39(62-30-63)26-35-17-22-43(73-9)38(58)25-35)33(6)51-52(78-51)36-18-14-34(15-19-36)16-21-40(64)37(27-41(65)47(59)32(4)5)20-23-46(66)60-28-45-48(67)49(68)50(69)55(74-10)76-45/h11-12,14-15,17-19,22,25,30-33,37,39,42,44-45,47-52,55,67-69H,13,16,20-21,23-24,26-29,59H2,1-10H3,(H,60,66)(H,61,70)(H,62,63)/b12-11+/t33-,37+,39?,42-,44-,45+,47-,48+,49-,50+,51+,52+,55+/m0/s1. The van der Waals surface area contributed by atoms with E-state index in [1.165, 1.54) is 14.2 Å². The van der Waals surface area contributed by atoms with Crippen LogP contribution in [0.15, 0.2) is 54.6 Å². The molecule has 2 aromatic rings. The van der Waals surface area contributed by atoms with Gasteiger partial charge in [-0.25, -0.2) is 4.79 Å². The smallest absolute Gasteiger partial charge is 0.347 e. The Kier molecular flexibility index (Phi) is 25.8. The van der Waals surface area contributed by atoms with Gasteiger partial charge in [0.1, 0.15) is 54.2 Å². The maximum absolute atomic E-state index is 14.0. The molecule has 1 unspecified atom stereocenters. The first-order chi connectivity index (χ1) is 36.8. The number of allylic oxidation sites excluding steroid dienone is 1. The van der Waals surface area contributed by atoms with Crippen molar-refractivity contribution < 1.29 is 77.3 Å². The highest BCUT2D eigenvalue weighted by molar-refractivity contribution is 6.32. The van der Waals surface area contributed by atoms with E-state index >= 15 is 0 Å². The van der Waals surface area contributed by atoms with Crippen molar-refractivity contribution in [1.82, 2.24) is 16.0 Å². The van der Waals surface area contributed by atoms with Gasteiger partial charge in [-0.3, -0.25) is 28.8 Å². The molecule has 4 rings (SSSR count). The predicted molar refractivity (Wildman–Crippen MR) is 289 cm³/mol. The number of aliphatic hydroxyl groups excluding tert-OH is 3. The monoisotopic (exact) mass is 1110 g/mol. The predicted octanol–water partition coefficient (Wildman–Crippen LogP) is 4.17. The first kappa shape index (κ1) is 65.2. The quantitative estimate of drug-likeness (QED) is 0.0228.